The van der Waals surface area contributed by atoms with Crippen molar-refractivity contribution in [2.45, 2.75) is 25.4 Å². The molecule has 6 nitrogen and oxygen atoms in total. The predicted octanol–water partition coefficient (Wildman–Crippen LogP) is -0.302. The second-order valence-corrected chi connectivity index (χ2v) is 5.46. The molecule has 1 fully saturated rings. The first-order chi connectivity index (χ1) is 10.1. The van der Waals surface area contributed by atoms with E-state index in [1.54, 1.807) is 7.11 Å². The average Bonchev–Trinajstić information content (AvgIpc) is 3.22. The molecule has 1 saturated carbocycles. The van der Waals surface area contributed by atoms with E-state index in [1.807, 2.05) is 31.3 Å². The van der Waals surface area contributed by atoms with Crippen LogP contribution in [0, 0.1) is 0 Å². The Morgan fingerprint density at radius 2 is 2.14 bits per heavy atom. The number of likely N-dealkylation sites (N-methyl/N-ethyl adjacent to an activating group) is 1. The van der Waals surface area contributed by atoms with E-state index in [0.29, 0.717) is 6.54 Å². The highest BCUT2D eigenvalue weighted by atomic mass is 16.5. The quantitative estimate of drug-likeness (QED) is 0.674. The van der Waals surface area contributed by atoms with Crippen molar-refractivity contribution >= 4 is 11.9 Å². The summed E-state index contributed by atoms with van der Waals surface area (Å²) >= 11 is 0. The summed E-state index contributed by atoms with van der Waals surface area (Å²) < 4.78 is 5.17. The molecule has 0 aromatic heterocycles. The number of carbonyl (C=O) groups excluding carboxylic acids is 2. The molecule has 0 aliphatic heterocycles. The Hall–Kier alpha value is -2.08. The van der Waals surface area contributed by atoms with Crippen molar-refractivity contribution < 1.29 is 19.2 Å². The van der Waals surface area contributed by atoms with Gasteiger partial charge in [0.05, 0.1) is 14.2 Å². The first-order valence-corrected chi connectivity index (χ1v) is 7.11. The maximum absolute atomic E-state index is 11.8. The van der Waals surface area contributed by atoms with Gasteiger partial charge in [-0.2, -0.15) is 0 Å². The Morgan fingerprint density at radius 1 is 1.38 bits per heavy atom. The summed E-state index contributed by atoms with van der Waals surface area (Å²) in [6.07, 6.45) is 2.01. The number of imide groups is 1. The zero-order valence-electron chi connectivity index (χ0n) is 12.4. The molecule has 114 valence electrons. The Morgan fingerprint density at radius 3 is 2.81 bits per heavy atom. The highest BCUT2D eigenvalue weighted by molar-refractivity contribution is 5.94. The average molecular weight is 292 g/mol. The van der Waals surface area contributed by atoms with Gasteiger partial charge in [-0.05, 0) is 25.0 Å². The van der Waals surface area contributed by atoms with Crippen LogP contribution in [-0.4, -0.2) is 38.7 Å². The number of rotatable bonds is 6. The number of amides is 3. The Balaban J connectivity index is 1.75. The van der Waals surface area contributed by atoms with Crippen molar-refractivity contribution in [1.82, 2.24) is 10.6 Å². The van der Waals surface area contributed by atoms with Crippen molar-refractivity contribution in [2.24, 2.45) is 0 Å². The highest BCUT2D eigenvalue weighted by Gasteiger charge is 2.24. The molecule has 6 heteroatoms. The van der Waals surface area contributed by atoms with E-state index in [9.17, 15) is 9.59 Å². The second-order valence-electron chi connectivity index (χ2n) is 5.46. The Bertz CT molecular complexity index is 515. The number of quaternary nitrogens is 1. The molecule has 0 radical (unpaired) electrons. The van der Waals surface area contributed by atoms with Gasteiger partial charge in [0.1, 0.15) is 12.3 Å². The van der Waals surface area contributed by atoms with E-state index in [4.69, 9.17) is 4.74 Å². The largest absolute Gasteiger partial charge is 0.497 e. The highest BCUT2D eigenvalue weighted by Crippen LogP contribution is 2.18. The van der Waals surface area contributed by atoms with Crippen LogP contribution in [0.2, 0.25) is 0 Å². The van der Waals surface area contributed by atoms with E-state index in [2.05, 4.69) is 10.6 Å². The van der Waals surface area contributed by atoms with Gasteiger partial charge >= 0.3 is 6.03 Å². The van der Waals surface area contributed by atoms with Crippen molar-refractivity contribution in [3.05, 3.63) is 29.8 Å². The van der Waals surface area contributed by atoms with Crippen LogP contribution in [0.15, 0.2) is 24.3 Å². The fourth-order valence-electron chi connectivity index (χ4n) is 2.09. The number of hydrogen-bond donors (Lipinski definition) is 3. The lowest BCUT2D eigenvalue weighted by Gasteiger charge is -2.14. The lowest BCUT2D eigenvalue weighted by Crippen LogP contribution is -3.09. The summed E-state index contributed by atoms with van der Waals surface area (Å²) in [7, 11) is 3.54. The van der Waals surface area contributed by atoms with Crippen molar-refractivity contribution in [3.63, 3.8) is 0 Å². The molecule has 0 heterocycles. The number of ether oxygens (including phenoxy) is 1. The second kappa shape index (κ2) is 7.08. The summed E-state index contributed by atoms with van der Waals surface area (Å²) in [6, 6.07) is 7.60. The molecule has 0 bridgehead atoms. The van der Waals surface area contributed by atoms with E-state index in [-0.39, 0.29) is 18.5 Å². The van der Waals surface area contributed by atoms with Crippen LogP contribution in [0.1, 0.15) is 18.4 Å². The van der Waals surface area contributed by atoms with Crippen molar-refractivity contribution in [3.8, 4) is 5.75 Å². The van der Waals surface area contributed by atoms with Gasteiger partial charge in [-0.1, -0.05) is 12.1 Å². The zero-order chi connectivity index (χ0) is 15.2. The number of carbonyl (C=O) groups is 2. The minimum absolute atomic E-state index is 0.245. The third-order valence-electron chi connectivity index (χ3n) is 3.27. The summed E-state index contributed by atoms with van der Waals surface area (Å²) in [5.41, 5.74) is 1.09. The van der Waals surface area contributed by atoms with E-state index in [1.165, 1.54) is 0 Å². The first kappa shape index (κ1) is 15.3. The van der Waals surface area contributed by atoms with Crippen LogP contribution < -0.4 is 20.3 Å². The van der Waals surface area contributed by atoms with Crippen molar-refractivity contribution in [1.29, 1.82) is 0 Å². The molecule has 1 aromatic rings. The third-order valence-corrected chi connectivity index (χ3v) is 3.27. The van der Waals surface area contributed by atoms with E-state index < -0.39 is 6.03 Å². The smallest absolute Gasteiger partial charge is 0.321 e. The molecule has 2 rings (SSSR count). The summed E-state index contributed by atoms with van der Waals surface area (Å²) in [6.45, 7) is 0.935. The first-order valence-electron chi connectivity index (χ1n) is 7.11. The summed E-state index contributed by atoms with van der Waals surface area (Å²) in [4.78, 5) is 24.2. The maximum Gasteiger partial charge on any atom is 0.321 e. The molecule has 1 aliphatic rings. The zero-order valence-corrected chi connectivity index (χ0v) is 12.4. The third kappa shape index (κ3) is 5.43. The maximum atomic E-state index is 11.8. The summed E-state index contributed by atoms with van der Waals surface area (Å²) in [5.74, 6) is 0.530. The topological polar surface area (TPSA) is 71.9 Å². The van der Waals surface area contributed by atoms with E-state index in [0.717, 1.165) is 29.1 Å². The molecule has 1 aromatic carbocycles. The minimum Gasteiger partial charge on any atom is -0.497 e. The molecule has 0 spiro atoms. The molecule has 3 amide bonds. The lowest BCUT2D eigenvalue weighted by atomic mass is 10.2. The SMILES string of the molecule is COc1cccc(C[NH+](C)CC(=O)NC(=O)NC2CC2)c1. The van der Waals surface area contributed by atoms with Gasteiger partial charge in [-0.15, -0.1) is 0 Å². The van der Waals surface area contributed by atoms with Gasteiger partial charge in [0.15, 0.2) is 6.54 Å². The molecule has 1 unspecified atom stereocenters. The van der Waals surface area contributed by atoms with Gasteiger partial charge in [0, 0.05) is 11.6 Å². The van der Waals surface area contributed by atoms with Crippen LogP contribution >= 0.6 is 0 Å². The van der Waals surface area contributed by atoms with Crippen LogP contribution in [0.3, 0.4) is 0 Å². The monoisotopic (exact) mass is 292 g/mol. The van der Waals surface area contributed by atoms with Crippen molar-refractivity contribution in [2.75, 3.05) is 20.7 Å². The molecule has 1 atom stereocenters. The molecule has 21 heavy (non-hydrogen) atoms. The Labute approximate surface area is 124 Å². The van der Waals surface area contributed by atoms with Gasteiger partial charge in [0.25, 0.3) is 5.91 Å². The molecule has 1 aliphatic carbocycles. The fourth-order valence-corrected chi connectivity index (χ4v) is 2.09. The molecule has 0 saturated heterocycles. The predicted molar refractivity (Wildman–Crippen MR) is 78.1 cm³/mol. The normalized spacial score (nSPS) is 15.1. The number of urea groups is 1. The fraction of sp³-hybridized carbons (Fsp3) is 0.467. The van der Waals surface area contributed by atoms with Crippen LogP contribution in [0.25, 0.3) is 0 Å². The van der Waals surface area contributed by atoms with Gasteiger partial charge in [-0.25, -0.2) is 4.79 Å². The van der Waals surface area contributed by atoms with Crippen LogP contribution in [0.4, 0.5) is 4.79 Å². The van der Waals surface area contributed by atoms with Gasteiger partial charge < -0.3 is 15.0 Å². The Kier molecular flexibility index (Phi) is 5.16. The standard InChI is InChI=1S/C15H21N3O3/c1-18(9-11-4-3-5-13(8-11)21-2)10-14(19)17-15(20)16-12-6-7-12/h3-5,8,12H,6-7,9-10H2,1-2H3,(H2,16,17,19,20)/p+1. The summed E-state index contributed by atoms with van der Waals surface area (Å²) in [5, 5.41) is 5.08. The van der Waals surface area contributed by atoms with Crippen LogP contribution in [-0.2, 0) is 11.3 Å². The van der Waals surface area contributed by atoms with Gasteiger partial charge in [-0.3, -0.25) is 10.1 Å². The number of methoxy groups -OCH3 is 1. The molecule has 3 N–H and O–H groups in total. The molecular formula is C15H22N3O3+. The van der Waals surface area contributed by atoms with Gasteiger partial charge in [0.2, 0.25) is 0 Å². The minimum atomic E-state index is -0.392. The molecular weight excluding hydrogens is 270 g/mol. The lowest BCUT2D eigenvalue weighted by molar-refractivity contribution is -0.885. The van der Waals surface area contributed by atoms with E-state index >= 15 is 0 Å². The number of hydrogen-bond acceptors (Lipinski definition) is 3. The number of benzene rings is 1. The van der Waals surface area contributed by atoms with Crippen LogP contribution in [0.5, 0.6) is 5.75 Å². The number of nitrogens with one attached hydrogen (secondary N) is 3.